The Labute approximate surface area is 245 Å². The van der Waals surface area contributed by atoms with Crippen molar-refractivity contribution >= 4 is 50.3 Å². The van der Waals surface area contributed by atoms with E-state index < -0.39 is 0 Å². The Hall–Kier alpha value is -5.08. The highest BCUT2D eigenvalue weighted by Crippen LogP contribution is 2.46. The maximum Gasteiger partial charge on any atom is 0.0789 e. The molecule has 0 spiro atoms. The molecule has 1 aliphatic heterocycles. The van der Waals surface area contributed by atoms with E-state index in [1.165, 1.54) is 82.4 Å². The highest BCUT2D eigenvalue weighted by atomic mass is 15.2. The van der Waals surface area contributed by atoms with E-state index in [0.29, 0.717) is 0 Å². The lowest BCUT2D eigenvalue weighted by Gasteiger charge is -2.30. The van der Waals surface area contributed by atoms with Gasteiger partial charge in [-0.3, -0.25) is 0 Å². The van der Waals surface area contributed by atoms with E-state index in [0.717, 1.165) is 6.42 Å². The Morgan fingerprint density at radius 3 is 2.14 bits per heavy atom. The van der Waals surface area contributed by atoms with Crippen LogP contribution in [-0.2, 0) is 0 Å². The van der Waals surface area contributed by atoms with Crippen molar-refractivity contribution < 1.29 is 0 Å². The number of hydrogen-bond acceptors (Lipinski definition) is 1. The summed E-state index contributed by atoms with van der Waals surface area (Å²) < 4.78 is 2.50. The van der Waals surface area contributed by atoms with Gasteiger partial charge in [-0.2, -0.15) is 0 Å². The Bertz CT molecular complexity index is 2350. The molecule has 0 N–H and O–H groups in total. The van der Waals surface area contributed by atoms with Crippen LogP contribution in [0.5, 0.6) is 0 Å². The molecular weight excluding hydrogens is 508 g/mol. The van der Waals surface area contributed by atoms with E-state index in [1.54, 1.807) is 0 Å². The lowest BCUT2D eigenvalue weighted by molar-refractivity contribution is 0.949. The number of fused-ring (bicyclic) bond motifs is 7. The predicted molar refractivity (Wildman–Crippen MR) is 177 cm³/mol. The zero-order valence-corrected chi connectivity index (χ0v) is 23.8. The molecule has 1 aromatic heterocycles. The van der Waals surface area contributed by atoms with Gasteiger partial charge in [-0.15, -0.1) is 0 Å². The van der Waals surface area contributed by atoms with Crippen LogP contribution in [0.4, 0.5) is 5.69 Å². The molecule has 5 aromatic carbocycles. The molecule has 2 aliphatic carbocycles. The van der Waals surface area contributed by atoms with Gasteiger partial charge in [0.05, 0.1) is 22.6 Å². The summed E-state index contributed by atoms with van der Waals surface area (Å²) in [7, 11) is 0. The van der Waals surface area contributed by atoms with Crippen molar-refractivity contribution in [3.8, 4) is 5.69 Å². The van der Waals surface area contributed by atoms with Gasteiger partial charge in [-0.25, -0.2) is 0 Å². The molecule has 6 aromatic rings. The molecule has 0 fully saturated rings. The Balaban J connectivity index is 1.39. The lowest BCUT2D eigenvalue weighted by atomic mass is 9.92. The summed E-state index contributed by atoms with van der Waals surface area (Å²) in [5, 5.41) is 9.02. The Morgan fingerprint density at radius 2 is 1.36 bits per heavy atom. The van der Waals surface area contributed by atoms with Crippen molar-refractivity contribution in [2.24, 2.45) is 0 Å². The zero-order valence-electron chi connectivity index (χ0n) is 23.8. The third-order valence-electron chi connectivity index (χ3n) is 9.35. The van der Waals surface area contributed by atoms with Crippen LogP contribution in [0.1, 0.15) is 18.9 Å². The molecule has 1 atom stereocenters. The van der Waals surface area contributed by atoms with Crippen molar-refractivity contribution in [2.75, 3.05) is 4.90 Å². The van der Waals surface area contributed by atoms with Crippen LogP contribution in [-0.4, -0.2) is 10.6 Å². The van der Waals surface area contributed by atoms with Gasteiger partial charge in [0, 0.05) is 32.8 Å². The van der Waals surface area contributed by atoms with Gasteiger partial charge in [-0.1, -0.05) is 96.1 Å². The zero-order chi connectivity index (χ0) is 27.9. The molecule has 42 heavy (non-hydrogen) atoms. The summed E-state index contributed by atoms with van der Waals surface area (Å²) in [6, 6.07) is 38.0. The number of aryl methyl sites for hydroxylation is 1. The third-order valence-corrected chi connectivity index (χ3v) is 9.35. The van der Waals surface area contributed by atoms with E-state index in [9.17, 15) is 0 Å². The van der Waals surface area contributed by atoms with E-state index >= 15 is 0 Å². The summed E-state index contributed by atoms with van der Waals surface area (Å²) >= 11 is 0. The minimum Gasteiger partial charge on any atom is -0.330 e. The van der Waals surface area contributed by atoms with Crippen molar-refractivity contribution in [1.29, 1.82) is 0 Å². The quantitative estimate of drug-likeness (QED) is 0.216. The van der Waals surface area contributed by atoms with Crippen molar-refractivity contribution in [3.63, 3.8) is 0 Å². The van der Waals surface area contributed by atoms with Crippen molar-refractivity contribution in [2.45, 2.75) is 26.3 Å². The van der Waals surface area contributed by atoms with Crippen LogP contribution in [0.2, 0.25) is 0 Å². The number of aromatic nitrogens is 1. The van der Waals surface area contributed by atoms with Crippen LogP contribution < -0.4 is 15.5 Å². The van der Waals surface area contributed by atoms with Gasteiger partial charge >= 0.3 is 0 Å². The number of allylic oxidation sites excluding steroid dienone is 4. The molecule has 0 radical (unpaired) electrons. The summed E-state index contributed by atoms with van der Waals surface area (Å²) in [4.78, 5) is 2.59. The van der Waals surface area contributed by atoms with Crippen LogP contribution in [0.15, 0.2) is 138 Å². The average molecular weight is 539 g/mol. The van der Waals surface area contributed by atoms with E-state index in [4.69, 9.17) is 0 Å². The molecule has 0 amide bonds. The van der Waals surface area contributed by atoms with E-state index in [2.05, 4.69) is 151 Å². The molecule has 1 unspecified atom stereocenters. The lowest BCUT2D eigenvalue weighted by Crippen LogP contribution is -2.39. The molecule has 2 heteroatoms. The summed E-state index contributed by atoms with van der Waals surface area (Å²) in [5.41, 5.74) is 10.6. The molecule has 0 saturated heterocycles. The summed E-state index contributed by atoms with van der Waals surface area (Å²) in [6.45, 7) is 4.46. The first kappa shape index (κ1) is 23.6. The van der Waals surface area contributed by atoms with Crippen molar-refractivity contribution in [1.82, 2.24) is 4.57 Å². The fraction of sp³-hybridized carbons (Fsp3) is 0.100. The third kappa shape index (κ3) is 3.27. The second kappa shape index (κ2) is 8.71. The number of benzene rings is 5. The highest BCUT2D eigenvalue weighted by molar-refractivity contribution is 5.99. The van der Waals surface area contributed by atoms with Crippen LogP contribution in [0, 0.1) is 6.92 Å². The monoisotopic (exact) mass is 538 g/mol. The number of anilines is 1. The summed E-state index contributed by atoms with van der Waals surface area (Å²) in [5.74, 6) is 0. The van der Waals surface area contributed by atoms with Gasteiger partial charge in [0.1, 0.15) is 0 Å². The first-order valence-corrected chi connectivity index (χ1v) is 14.9. The maximum absolute atomic E-state index is 2.59. The maximum atomic E-state index is 2.59. The highest BCUT2D eigenvalue weighted by Gasteiger charge is 2.38. The summed E-state index contributed by atoms with van der Waals surface area (Å²) in [6.07, 6.45) is 10.7. The van der Waals surface area contributed by atoms with Crippen LogP contribution in [0.3, 0.4) is 0 Å². The largest absolute Gasteiger partial charge is 0.330 e. The number of rotatable bonds is 2. The standard InChI is InChI=1S/C40H30N2/c1-25-17-19-37-31(21-25)33-23-40-34(24-39(33)41(37)35-15-7-11-27-9-3-5-13-29(27)35)32-22-26(2)18-20-38(32)42(40)36-16-8-12-28-10-4-6-14-30(28)36/h3-21,23-24,40H,22H2,1-2H3. The number of nitrogens with zero attached hydrogens (tertiary/aromatic N) is 2. The molecule has 9 rings (SSSR count). The van der Waals surface area contributed by atoms with Gasteiger partial charge in [-0.05, 0) is 84.7 Å². The molecule has 2 heterocycles. The Morgan fingerprint density at radius 1 is 0.667 bits per heavy atom. The fourth-order valence-electron chi connectivity index (χ4n) is 7.46. The second-order valence-electron chi connectivity index (χ2n) is 12.0. The average Bonchev–Trinajstić information content (AvgIpc) is 3.50. The minimum atomic E-state index is 0.135. The van der Waals surface area contributed by atoms with E-state index in [-0.39, 0.29) is 6.04 Å². The second-order valence-corrected chi connectivity index (χ2v) is 12.0. The van der Waals surface area contributed by atoms with Crippen molar-refractivity contribution in [3.05, 3.63) is 154 Å². The predicted octanol–water partition coefficient (Wildman–Crippen LogP) is 8.24. The molecule has 200 valence electrons. The fourth-order valence-corrected chi connectivity index (χ4v) is 7.46. The molecule has 0 bridgehead atoms. The van der Waals surface area contributed by atoms with E-state index in [1.807, 2.05) is 0 Å². The molecule has 0 saturated carbocycles. The minimum absolute atomic E-state index is 0.135. The van der Waals surface area contributed by atoms with Crippen LogP contribution >= 0.6 is 0 Å². The topological polar surface area (TPSA) is 8.17 Å². The van der Waals surface area contributed by atoms with Gasteiger partial charge < -0.3 is 9.47 Å². The smallest absolute Gasteiger partial charge is 0.0789 e. The van der Waals surface area contributed by atoms with Gasteiger partial charge in [0.25, 0.3) is 0 Å². The SMILES string of the molecule is CC1=CC=C2C(=C3C=c4c(c5cc(C)ccc5n4-c4cccc5ccccc45)=CC3N2c2cccc3ccccc23)C1. The molecule has 2 nitrogen and oxygen atoms in total. The first-order chi connectivity index (χ1) is 20.7. The van der Waals surface area contributed by atoms with Gasteiger partial charge in [0.2, 0.25) is 0 Å². The van der Waals surface area contributed by atoms with Gasteiger partial charge in [0.15, 0.2) is 0 Å². The molecular formula is C40H30N2. The number of hydrogen-bond donors (Lipinski definition) is 0. The van der Waals surface area contributed by atoms with Crippen LogP contribution in [0.25, 0.3) is 50.3 Å². The first-order valence-electron chi connectivity index (χ1n) is 14.9. The normalized spacial score (nSPS) is 17.5. The Kier molecular flexibility index (Phi) is 4.90. The molecule has 3 aliphatic rings.